The van der Waals surface area contributed by atoms with Crippen LogP contribution < -0.4 is 10.4 Å². The lowest BCUT2D eigenvalue weighted by Crippen LogP contribution is -2.34. The summed E-state index contributed by atoms with van der Waals surface area (Å²) in [4.78, 5) is 31.6. The average molecular weight is 284 g/mol. The van der Waals surface area contributed by atoms with Crippen LogP contribution in [0.5, 0.6) is 0 Å². The average Bonchev–Trinajstić information content (AvgIpc) is 2.29. The monoisotopic (exact) mass is 283 g/mol. The molecule has 0 aliphatic carbocycles. The molecule has 0 aliphatic heterocycles. The first-order valence-corrected chi connectivity index (χ1v) is 5.33. The Balaban J connectivity index is 3.21. The summed E-state index contributed by atoms with van der Waals surface area (Å²) in [5.41, 5.74) is -0.663. The minimum absolute atomic E-state index is 0.0725. The largest absolute Gasteiger partial charge is 0.543 e. The summed E-state index contributed by atoms with van der Waals surface area (Å²) in [6.07, 6.45) is 1.04. The number of aliphatic carboxylic acids is 1. The zero-order chi connectivity index (χ0) is 14.6. The molecule has 0 unspecified atom stereocenters. The minimum Gasteiger partial charge on any atom is -0.543 e. The van der Waals surface area contributed by atoms with Gasteiger partial charge in [-0.05, 0) is 17.7 Å². The van der Waals surface area contributed by atoms with E-state index in [9.17, 15) is 24.8 Å². The SMILES string of the molecule is CC(=O)N/C(=C/c1ccc(Cl)c([N+](=O)[O-])c1)C(=O)[O-]. The molecule has 0 heterocycles. The van der Waals surface area contributed by atoms with Gasteiger partial charge in [-0.3, -0.25) is 14.9 Å². The van der Waals surface area contributed by atoms with Crippen LogP contribution in [0.2, 0.25) is 5.02 Å². The lowest BCUT2D eigenvalue weighted by Gasteiger charge is -2.09. The molecule has 1 N–H and O–H groups in total. The van der Waals surface area contributed by atoms with Crippen molar-refractivity contribution in [2.45, 2.75) is 6.92 Å². The van der Waals surface area contributed by atoms with Gasteiger partial charge in [-0.25, -0.2) is 0 Å². The van der Waals surface area contributed by atoms with Gasteiger partial charge in [0.15, 0.2) is 0 Å². The number of carboxylic acid groups (broad SMARTS) is 1. The maximum absolute atomic E-state index is 10.8. The Morgan fingerprint density at radius 1 is 1.42 bits per heavy atom. The summed E-state index contributed by atoms with van der Waals surface area (Å²) in [7, 11) is 0. The zero-order valence-electron chi connectivity index (χ0n) is 9.68. The first-order valence-electron chi connectivity index (χ1n) is 4.96. The fraction of sp³-hybridized carbons (Fsp3) is 0.0909. The van der Waals surface area contributed by atoms with Crippen molar-refractivity contribution >= 4 is 35.2 Å². The van der Waals surface area contributed by atoms with E-state index in [4.69, 9.17) is 11.6 Å². The Morgan fingerprint density at radius 2 is 2.05 bits per heavy atom. The van der Waals surface area contributed by atoms with Crippen LogP contribution in [0.25, 0.3) is 6.08 Å². The predicted octanol–water partition coefficient (Wildman–Crippen LogP) is 0.475. The third-order valence-corrected chi connectivity index (χ3v) is 2.33. The molecular weight excluding hydrogens is 276 g/mol. The van der Waals surface area contributed by atoms with Crippen LogP contribution in [0.15, 0.2) is 23.9 Å². The number of amides is 1. The van der Waals surface area contributed by atoms with Crippen LogP contribution in [-0.4, -0.2) is 16.8 Å². The van der Waals surface area contributed by atoms with Crippen LogP contribution in [0, 0.1) is 10.1 Å². The van der Waals surface area contributed by atoms with E-state index >= 15 is 0 Å². The number of benzene rings is 1. The molecule has 1 amide bonds. The van der Waals surface area contributed by atoms with E-state index in [0.29, 0.717) is 0 Å². The molecule has 0 bridgehead atoms. The Bertz CT molecular complexity index is 582. The quantitative estimate of drug-likeness (QED) is 0.490. The van der Waals surface area contributed by atoms with Crippen LogP contribution >= 0.6 is 11.6 Å². The van der Waals surface area contributed by atoms with Crippen molar-refractivity contribution in [2.24, 2.45) is 0 Å². The van der Waals surface area contributed by atoms with Gasteiger partial charge in [0.25, 0.3) is 5.69 Å². The van der Waals surface area contributed by atoms with Crippen molar-refractivity contribution < 1.29 is 19.6 Å². The third-order valence-electron chi connectivity index (χ3n) is 2.01. The highest BCUT2D eigenvalue weighted by molar-refractivity contribution is 6.32. The van der Waals surface area contributed by atoms with Gasteiger partial charge in [-0.2, -0.15) is 0 Å². The molecule has 0 atom stereocenters. The van der Waals surface area contributed by atoms with Crippen LogP contribution in [0.4, 0.5) is 5.69 Å². The van der Waals surface area contributed by atoms with Gasteiger partial charge in [0, 0.05) is 13.0 Å². The second-order valence-corrected chi connectivity index (χ2v) is 3.90. The predicted molar refractivity (Wildman–Crippen MR) is 64.9 cm³/mol. The highest BCUT2D eigenvalue weighted by Gasteiger charge is 2.12. The smallest absolute Gasteiger partial charge is 0.288 e. The summed E-state index contributed by atoms with van der Waals surface area (Å²) >= 11 is 5.61. The van der Waals surface area contributed by atoms with Crippen molar-refractivity contribution in [3.63, 3.8) is 0 Å². The molecule has 0 saturated heterocycles. The zero-order valence-corrected chi connectivity index (χ0v) is 10.4. The Hall–Kier alpha value is -2.41. The number of carbonyl (C=O) groups excluding carboxylic acids is 2. The fourth-order valence-electron chi connectivity index (χ4n) is 1.26. The number of rotatable bonds is 4. The van der Waals surface area contributed by atoms with Crippen molar-refractivity contribution in [3.05, 3.63) is 44.6 Å². The number of carbonyl (C=O) groups is 2. The fourth-order valence-corrected chi connectivity index (χ4v) is 1.45. The van der Waals surface area contributed by atoms with Crippen molar-refractivity contribution in [1.82, 2.24) is 5.32 Å². The minimum atomic E-state index is -1.60. The van der Waals surface area contributed by atoms with Crippen molar-refractivity contribution in [1.29, 1.82) is 0 Å². The van der Waals surface area contributed by atoms with Crippen LogP contribution in [0.1, 0.15) is 12.5 Å². The van der Waals surface area contributed by atoms with Gasteiger partial charge in [0.05, 0.1) is 16.6 Å². The van der Waals surface area contributed by atoms with E-state index in [1.165, 1.54) is 12.1 Å². The molecule has 1 rings (SSSR count). The number of nitrogens with zero attached hydrogens (tertiary/aromatic N) is 1. The Morgan fingerprint density at radius 3 is 2.53 bits per heavy atom. The van der Waals surface area contributed by atoms with Crippen LogP contribution in [0.3, 0.4) is 0 Å². The van der Waals surface area contributed by atoms with E-state index in [-0.39, 0.29) is 16.3 Å². The summed E-state index contributed by atoms with van der Waals surface area (Å²) in [6, 6.07) is 3.72. The molecular formula is C11H8ClN2O5-. The molecule has 1 aromatic carbocycles. The first kappa shape index (κ1) is 14.7. The van der Waals surface area contributed by atoms with E-state index in [0.717, 1.165) is 19.1 Å². The third kappa shape index (κ3) is 4.07. The lowest BCUT2D eigenvalue weighted by atomic mass is 10.1. The van der Waals surface area contributed by atoms with Gasteiger partial charge in [-0.1, -0.05) is 17.7 Å². The van der Waals surface area contributed by atoms with E-state index in [1.807, 2.05) is 5.32 Å². The van der Waals surface area contributed by atoms with Gasteiger partial charge in [-0.15, -0.1) is 0 Å². The highest BCUT2D eigenvalue weighted by Crippen LogP contribution is 2.25. The highest BCUT2D eigenvalue weighted by atomic mass is 35.5. The number of hydrogen-bond donors (Lipinski definition) is 1. The van der Waals surface area contributed by atoms with Crippen molar-refractivity contribution in [2.75, 3.05) is 0 Å². The number of nitro groups is 1. The molecule has 7 nitrogen and oxygen atoms in total. The molecule has 19 heavy (non-hydrogen) atoms. The number of carboxylic acids is 1. The molecule has 0 aliphatic rings. The number of hydrogen-bond acceptors (Lipinski definition) is 5. The molecule has 0 fully saturated rings. The number of halogens is 1. The van der Waals surface area contributed by atoms with Gasteiger partial charge < -0.3 is 15.2 Å². The first-order chi connectivity index (χ1) is 8.81. The normalized spacial score (nSPS) is 10.9. The van der Waals surface area contributed by atoms with E-state index < -0.39 is 22.5 Å². The summed E-state index contributed by atoms with van der Waals surface area (Å²) in [5.74, 6) is -2.20. The molecule has 0 spiro atoms. The summed E-state index contributed by atoms with van der Waals surface area (Å²) in [5, 5.41) is 23.4. The maximum atomic E-state index is 10.8. The van der Waals surface area contributed by atoms with Crippen molar-refractivity contribution in [3.8, 4) is 0 Å². The molecule has 0 aromatic heterocycles. The molecule has 0 radical (unpaired) electrons. The number of nitrogens with one attached hydrogen (secondary N) is 1. The summed E-state index contributed by atoms with van der Waals surface area (Å²) < 4.78 is 0. The van der Waals surface area contributed by atoms with Gasteiger partial charge in [0.1, 0.15) is 5.02 Å². The standard InChI is InChI=1S/C11H9ClN2O5/c1-6(15)13-9(11(16)17)4-7-2-3-8(12)10(5-7)14(18)19/h2-5H,1H3,(H,13,15)(H,16,17)/p-1/b9-4+. The maximum Gasteiger partial charge on any atom is 0.288 e. The van der Waals surface area contributed by atoms with Gasteiger partial charge >= 0.3 is 0 Å². The van der Waals surface area contributed by atoms with E-state index in [1.54, 1.807) is 0 Å². The topological polar surface area (TPSA) is 112 Å². The second-order valence-electron chi connectivity index (χ2n) is 3.49. The lowest BCUT2D eigenvalue weighted by molar-refractivity contribution is -0.384. The van der Waals surface area contributed by atoms with Crippen LogP contribution in [-0.2, 0) is 9.59 Å². The molecule has 8 heteroatoms. The summed E-state index contributed by atoms with van der Waals surface area (Å²) in [6.45, 7) is 1.13. The van der Waals surface area contributed by atoms with E-state index in [2.05, 4.69) is 0 Å². The van der Waals surface area contributed by atoms with Gasteiger partial charge in [0.2, 0.25) is 5.91 Å². The molecule has 0 saturated carbocycles. The Labute approximate surface area is 112 Å². The number of nitro benzene ring substituents is 1. The molecule has 1 aromatic rings. The Kier molecular flexibility index (Phi) is 4.60. The second kappa shape index (κ2) is 5.96. The molecule has 100 valence electrons.